The van der Waals surface area contributed by atoms with E-state index in [0.717, 1.165) is 12.0 Å². The lowest BCUT2D eigenvalue weighted by Crippen LogP contribution is -3.28. The highest BCUT2D eigenvalue weighted by molar-refractivity contribution is 4.69. The van der Waals surface area contributed by atoms with E-state index >= 15 is 0 Å². The smallest absolute Gasteiger partial charge is 0.127 e. The van der Waals surface area contributed by atoms with Gasteiger partial charge in [0.15, 0.2) is 0 Å². The van der Waals surface area contributed by atoms with Crippen molar-refractivity contribution < 1.29 is 9.80 Å². The minimum atomic E-state index is 0.994. The molecule has 1 heterocycles. The first-order valence-electron chi connectivity index (χ1n) is 6.41. The predicted molar refractivity (Wildman–Crippen MR) is 58.7 cm³/mol. The number of hydrogen-bond acceptors (Lipinski definition) is 0. The fourth-order valence-corrected chi connectivity index (χ4v) is 3.21. The van der Waals surface area contributed by atoms with Gasteiger partial charge in [0.25, 0.3) is 0 Å². The lowest BCUT2D eigenvalue weighted by atomic mass is 9.86. The van der Waals surface area contributed by atoms with E-state index in [1.165, 1.54) is 51.9 Å². The van der Waals surface area contributed by atoms with Crippen LogP contribution in [0.3, 0.4) is 0 Å². The third-order valence-electron chi connectivity index (χ3n) is 4.26. The molecule has 2 fully saturated rings. The van der Waals surface area contributed by atoms with Gasteiger partial charge < -0.3 is 9.80 Å². The van der Waals surface area contributed by atoms with Gasteiger partial charge in [0, 0.05) is 6.42 Å². The molecule has 2 heteroatoms. The van der Waals surface area contributed by atoms with E-state index in [4.69, 9.17) is 0 Å². The molecule has 1 saturated carbocycles. The molecule has 2 N–H and O–H groups in total. The molecule has 0 unspecified atom stereocenters. The molecule has 0 aromatic heterocycles. The van der Waals surface area contributed by atoms with E-state index in [-0.39, 0.29) is 0 Å². The van der Waals surface area contributed by atoms with Gasteiger partial charge in [-0.05, 0) is 18.8 Å². The topological polar surface area (TPSA) is 8.88 Å². The summed E-state index contributed by atoms with van der Waals surface area (Å²) in [5.41, 5.74) is 0. The first kappa shape index (κ1) is 10.4. The molecular formula is C12H26N2+2. The normalized spacial score (nSPS) is 45.0. The Hall–Kier alpha value is -0.0800. The molecule has 82 valence electrons. The minimum Gasteiger partial charge on any atom is -0.328 e. The number of hydrogen-bond donors (Lipinski definition) is 2. The van der Waals surface area contributed by atoms with Crippen LogP contribution in [0.1, 0.15) is 32.6 Å². The van der Waals surface area contributed by atoms with Crippen molar-refractivity contribution in [1.29, 1.82) is 0 Å². The van der Waals surface area contributed by atoms with E-state index < -0.39 is 0 Å². The van der Waals surface area contributed by atoms with Gasteiger partial charge in [-0.2, -0.15) is 0 Å². The molecular weight excluding hydrogens is 172 g/mol. The van der Waals surface area contributed by atoms with E-state index in [1.807, 2.05) is 4.90 Å². The van der Waals surface area contributed by atoms with Crippen molar-refractivity contribution in [3.63, 3.8) is 0 Å². The van der Waals surface area contributed by atoms with Crippen molar-refractivity contribution in [2.75, 3.05) is 33.2 Å². The second kappa shape index (κ2) is 4.63. The molecule has 0 amide bonds. The van der Waals surface area contributed by atoms with Crippen molar-refractivity contribution in [2.45, 2.75) is 38.6 Å². The lowest BCUT2D eigenvalue weighted by molar-refractivity contribution is -1.02. The average Bonchev–Trinajstić information content (AvgIpc) is 2.19. The second-order valence-corrected chi connectivity index (χ2v) is 5.58. The van der Waals surface area contributed by atoms with Crippen LogP contribution in [-0.4, -0.2) is 39.3 Å². The van der Waals surface area contributed by atoms with Crippen LogP contribution in [0.15, 0.2) is 0 Å². The van der Waals surface area contributed by atoms with Crippen molar-refractivity contribution in [3.05, 3.63) is 0 Å². The number of quaternary nitrogens is 2. The van der Waals surface area contributed by atoms with Crippen LogP contribution in [0.2, 0.25) is 0 Å². The van der Waals surface area contributed by atoms with E-state index in [2.05, 4.69) is 14.0 Å². The maximum atomic E-state index is 2.44. The Bertz CT molecular complexity index is 173. The fraction of sp³-hybridized carbons (Fsp3) is 1.00. The Labute approximate surface area is 88.3 Å². The lowest BCUT2D eigenvalue weighted by Gasteiger charge is -2.36. The predicted octanol–water partition coefficient (Wildman–Crippen LogP) is -1.02. The molecule has 0 aromatic carbocycles. The molecule has 1 aliphatic heterocycles. The second-order valence-electron chi connectivity index (χ2n) is 5.58. The molecule has 1 saturated heterocycles. The van der Waals surface area contributed by atoms with E-state index in [0.29, 0.717) is 0 Å². The molecule has 2 atom stereocenters. The van der Waals surface area contributed by atoms with E-state index in [9.17, 15) is 0 Å². The molecule has 0 bridgehead atoms. The highest BCUT2D eigenvalue weighted by atomic mass is 15.3. The average molecular weight is 198 g/mol. The summed E-state index contributed by atoms with van der Waals surface area (Å²) in [7, 11) is 2.33. The standard InChI is InChI=1S/C12H24N2/c1-11-4-3-5-12(10-11)14-8-6-13(2)7-9-14/h11-12H,3-10H2,1-2H3/p+2/t11-,12+/m1/s1. The number of piperazine rings is 1. The Morgan fingerprint density at radius 1 is 1.00 bits per heavy atom. The van der Waals surface area contributed by atoms with Crippen LogP contribution in [0.25, 0.3) is 0 Å². The van der Waals surface area contributed by atoms with Gasteiger partial charge in [-0.3, -0.25) is 0 Å². The van der Waals surface area contributed by atoms with Crippen LogP contribution in [-0.2, 0) is 0 Å². The molecule has 0 spiro atoms. The first-order chi connectivity index (χ1) is 6.75. The SMILES string of the molecule is C[C@@H]1CCC[C@H]([NH+]2CC[NH+](C)CC2)C1. The van der Waals surface area contributed by atoms with Crippen LogP contribution in [0, 0.1) is 5.92 Å². The Morgan fingerprint density at radius 3 is 2.36 bits per heavy atom. The molecule has 2 nitrogen and oxygen atoms in total. The number of nitrogens with one attached hydrogen (secondary N) is 2. The summed E-state index contributed by atoms with van der Waals surface area (Å²) >= 11 is 0. The van der Waals surface area contributed by atoms with Gasteiger partial charge >= 0.3 is 0 Å². The number of likely N-dealkylation sites (N-methyl/N-ethyl adjacent to an activating group) is 1. The Morgan fingerprint density at radius 2 is 1.71 bits per heavy atom. The summed E-state index contributed by atoms with van der Waals surface area (Å²) < 4.78 is 0. The summed E-state index contributed by atoms with van der Waals surface area (Å²) in [5.74, 6) is 0.994. The fourth-order valence-electron chi connectivity index (χ4n) is 3.21. The van der Waals surface area contributed by atoms with Crippen molar-refractivity contribution >= 4 is 0 Å². The molecule has 2 aliphatic rings. The minimum absolute atomic E-state index is 0.994. The summed E-state index contributed by atoms with van der Waals surface area (Å²) in [6.07, 6.45) is 5.96. The summed E-state index contributed by atoms with van der Waals surface area (Å²) in [6.45, 7) is 8.06. The third kappa shape index (κ3) is 2.48. The van der Waals surface area contributed by atoms with Crippen LogP contribution in [0.5, 0.6) is 0 Å². The van der Waals surface area contributed by atoms with Gasteiger partial charge in [-0.25, -0.2) is 0 Å². The van der Waals surface area contributed by atoms with Crippen molar-refractivity contribution in [2.24, 2.45) is 5.92 Å². The molecule has 0 radical (unpaired) electrons. The van der Waals surface area contributed by atoms with Gasteiger partial charge in [-0.1, -0.05) is 13.3 Å². The zero-order valence-electron chi connectivity index (χ0n) is 9.81. The molecule has 1 aliphatic carbocycles. The molecule has 2 rings (SSSR count). The third-order valence-corrected chi connectivity index (χ3v) is 4.26. The van der Waals surface area contributed by atoms with Gasteiger partial charge in [0.2, 0.25) is 0 Å². The first-order valence-corrected chi connectivity index (χ1v) is 6.41. The van der Waals surface area contributed by atoms with Crippen LogP contribution >= 0.6 is 0 Å². The maximum absolute atomic E-state index is 2.44. The summed E-state index contributed by atoms with van der Waals surface area (Å²) in [6, 6.07) is 1.01. The summed E-state index contributed by atoms with van der Waals surface area (Å²) in [4.78, 5) is 3.65. The molecule has 14 heavy (non-hydrogen) atoms. The zero-order valence-corrected chi connectivity index (χ0v) is 9.81. The Balaban J connectivity index is 1.82. The van der Waals surface area contributed by atoms with Crippen molar-refractivity contribution in [1.82, 2.24) is 0 Å². The van der Waals surface area contributed by atoms with Gasteiger partial charge in [-0.15, -0.1) is 0 Å². The van der Waals surface area contributed by atoms with Gasteiger partial charge in [0.05, 0.1) is 13.1 Å². The number of rotatable bonds is 1. The Kier molecular flexibility index (Phi) is 3.45. The van der Waals surface area contributed by atoms with Crippen LogP contribution < -0.4 is 9.80 Å². The zero-order chi connectivity index (χ0) is 9.97. The largest absolute Gasteiger partial charge is 0.328 e. The van der Waals surface area contributed by atoms with Crippen LogP contribution in [0.4, 0.5) is 0 Å². The van der Waals surface area contributed by atoms with Gasteiger partial charge in [0.1, 0.15) is 26.2 Å². The van der Waals surface area contributed by atoms with Crippen molar-refractivity contribution in [3.8, 4) is 0 Å². The highest BCUT2D eigenvalue weighted by Crippen LogP contribution is 2.21. The quantitative estimate of drug-likeness (QED) is 0.534. The van der Waals surface area contributed by atoms with E-state index in [1.54, 1.807) is 4.90 Å². The maximum Gasteiger partial charge on any atom is 0.127 e. The monoisotopic (exact) mass is 198 g/mol. The summed E-state index contributed by atoms with van der Waals surface area (Å²) in [5, 5.41) is 0. The highest BCUT2D eigenvalue weighted by Gasteiger charge is 2.30. The molecule has 0 aromatic rings.